The lowest BCUT2D eigenvalue weighted by Crippen LogP contribution is -2.22. The normalized spacial score (nSPS) is 15.3. The van der Waals surface area contributed by atoms with Crippen LogP contribution in [0.3, 0.4) is 0 Å². The van der Waals surface area contributed by atoms with Crippen LogP contribution >= 0.6 is 0 Å². The standard InChI is InChI=1S/C33H30N2O6/c36-32-21-33(37)35-27-14-4-8-18-31(27)41-23-25-12-2-6-16-29(25)39-20-10-9-19-38-28-15-5-1-11-24(28)22-40-30-17-7-3-13-26(30)34-32/h1-18H,19-23H2,(H,34,36)(H,35,37)/b10-9+. The average molecular weight is 551 g/mol. The van der Waals surface area contributed by atoms with Crippen molar-refractivity contribution in [2.45, 2.75) is 19.6 Å². The lowest BCUT2D eigenvalue weighted by molar-refractivity contribution is -0.123. The smallest absolute Gasteiger partial charge is 0.233 e. The molecule has 0 spiro atoms. The van der Waals surface area contributed by atoms with Gasteiger partial charge < -0.3 is 29.6 Å². The third-order valence-electron chi connectivity index (χ3n) is 6.19. The van der Waals surface area contributed by atoms with E-state index >= 15 is 0 Å². The van der Waals surface area contributed by atoms with Crippen molar-refractivity contribution in [1.29, 1.82) is 0 Å². The van der Waals surface area contributed by atoms with Gasteiger partial charge in [0.05, 0.1) is 11.4 Å². The third kappa shape index (κ3) is 7.67. The molecule has 41 heavy (non-hydrogen) atoms. The van der Waals surface area contributed by atoms with Gasteiger partial charge in [-0.25, -0.2) is 0 Å². The summed E-state index contributed by atoms with van der Waals surface area (Å²) in [5, 5.41) is 5.57. The molecule has 0 radical (unpaired) electrons. The number of ether oxygens (including phenoxy) is 4. The third-order valence-corrected chi connectivity index (χ3v) is 6.19. The minimum Gasteiger partial charge on any atom is -0.489 e. The molecule has 2 amide bonds. The number of rotatable bonds is 0. The van der Waals surface area contributed by atoms with Crippen LogP contribution in [-0.4, -0.2) is 25.0 Å². The summed E-state index contributed by atoms with van der Waals surface area (Å²) >= 11 is 0. The van der Waals surface area contributed by atoms with Gasteiger partial charge in [0, 0.05) is 11.1 Å². The van der Waals surface area contributed by atoms with Gasteiger partial charge in [-0.15, -0.1) is 0 Å². The number of para-hydroxylation sites is 6. The Bertz CT molecular complexity index is 1420. The van der Waals surface area contributed by atoms with Crippen molar-refractivity contribution in [3.05, 3.63) is 120 Å². The van der Waals surface area contributed by atoms with Crippen LogP contribution in [0.15, 0.2) is 109 Å². The molecule has 0 aromatic heterocycles. The quantitative estimate of drug-likeness (QED) is 0.202. The largest absolute Gasteiger partial charge is 0.489 e. The van der Waals surface area contributed by atoms with Crippen LogP contribution in [0.25, 0.3) is 0 Å². The Morgan fingerprint density at radius 2 is 0.854 bits per heavy atom. The first-order valence-corrected chi connectivity index (χ1v) is 13.3. The number of fused-ring (bicyclic) bond motifs is 4. The van der Waals surface area contributed by atoms with E-state index in [1.807, 2.05) is 72.8 Å². The van der Waals surface area contributed by atoms with E-state index in [0.717, 1.165) is 11.1 Å². The molecule has 0 bridgehead atoms. The Morgan fingerprint density at radius 3 is 1.32 bits per heavy atom. The van der Waals surface area contributed by atoms with Crippen molar-refractivity contribution in [3.63, 3.8) is 0 Å². The number of anilines is 2. The van der Waals surface area contributed by atoms with Crippen molar-refractivity contribution in [2.24, 2.45) is 0 Å². The minimum absolute atomic E-state index is 0.226. The van der Waals surface area contributed by atoms with E-state index in [1.165, 1.54) is 0 Å². The average Bonchev–Trinajstić information content (AvgIpc) is 2.98. The lowest BCUT2D eigenvalue weighted by atomic mass is 10.2. The van der Waals surface area contributed by atoms with Crippen molar-refractivity contribution >= 4 is 23.2 Å². The van der Waals surface area contributed by atoms with E-state index in [2.05, 4.69) is 10.6 Å². The van der Waals surface area contributed by atoms with Gasteiger partial charge in [0.2, 0.25) is 11.8 Å². The molecule has 8 heteroatoms. The molecule has 0 aliphatic carbocycles. The first kappa shape index (κ1) is 27.3. The monoisotopic (exact) mass is 550 g/mol. The summed E-state index contributed by atoms with van der Waals surface area (Å²) < 4.78 is 24.0. The topological polar surface area (TPSA) is 95.1 Å². The highest BCUT2D eigenvalue weighted by molar-refractivity contribution is 6.08. The molecule has 5 rings (SSSR count). The first-order chi connectivity index (χ1) is 20.2. The molecule has 0 fully saturated rings. The predicted octanol–water partition coefficient (Wildman–Crippen LogP) is 6.14. The summed E-state index contributed by atoms with van der Waals surface area (Å²) in [6.45, 7) is 1.17. The zero-order valence-corrected chi connectivity index (χ0v) is 22.4. The fourth-order valence-corrected chi connectivity index (χ4v) is 4.18. The second kappa shape index (κ2) is 13.7. The summed E-state index contributed by atoms with van der Waals surface area (Å²) in [6.07, 6.45) is 3.41. The molecule has 2 N–H and O–H groups in total. The summed E-state index contributed by atoms with van der Waals surface area (Å²) in [5.74, 6) is 1.39. The number of benzene rings is 4. The SMILES string of the molecule is O=C1CC(=O)Nc2ccccc2OCc2ccccc2OC/C=C/COc2ccccc2COc2ccccc2N1. The Kier molecular flexibility index (Phi) is 9.14. The molecule has 0 unspecified atom stereocenters. The molecule has 0 saturated carbocycles. The first-order valence-electron chi connectivity index (χ1n) is 13.3. The number of carbonyl (C=O) groups is 2. The highest BCUT2D eigenvalue weighted by Gasteiger charge is 2.15. The van der Waals surface area contributed by atoms with Gasteiger partial charge in [0.15, 0.2) is 0 Å². The van der Waals surface area contributed by atoms with Gasteiger partial charge in [-0.05, 0) is 48.6 Å². The maximum atomic E-state index is 12.8. The minimum atomic E-state index is -0.475. The Labute approximate surface area is 238 Å². The molecule has 4 aromatic carbocycles. The van der Waals surface area contributed by atoms with E-state index in [4.69, 9.17) is 18.9 Å². The fraction of sp³-hybridized carbons (Fsp3) is 0.152. The van der Waals surface area contributed by atoms with Crippen molar-refractivity contribution in [3.8, 4) is 23.0 Å². The van der Waals surface area contributed by atoms with E-state index in [9.17, 15) is 9.59 Å². The second-order valence-electron chi connectivity index (χ2n) is 9.15. The molecule has 1 aliphatic rings. The van der Waals surface area contributed by atoms with E-state index in [-0.39, 0.29) is 19.6 Å². The van der Waals surface area contributed by atoms with Crippen LogP contribution in [0.2, 0.25) is 0 Å². The molecule has 8 nitrogen and oxygen atoms in total. The molecule has 208 valence electrons. The maximum Gasteiger partial charge on any atom is 0.233 e. The molecule has 1 aliphatic heterocycles. The van der Waals surface area contributed by atoms with Gasteiger partial charge >= 0.3 is 0 Å². The molecule has 4 aromatic rings. The predicted molar refractivity (Wildman–Crippen MR) is 156 cm³/mol. The zero-order valence-electron chi connectivity index (χ0n) is 22.4. The van der Waals surface area contributed by atoms with E-state index < -0.39 is 11.8 Å². The molecule has 0 atom stereocenters. The van der Waals surface area contributed by atoms with Crippen molar-refractivity contribution in [2.75, 3.05) is 23.8 Å². The van der Waals surface area contributed by atoms with Gasteiger partial charge in [-0.2, -0.15) is 0 Å². The van der Waals surface area contributed by atoms with Crippen molar-refractivity contribution < 1.29 is 28.5 Å². The molecular weight excluding hydrogens is 520 g/mol. The number of nitrogens with one attached hydrogen (secondary N) is 2. The van der Waals surface area contributed by atoms with E-state index in [0.29, 0.717) is 47.6 Å². The number of hydrogen-bond acceptors (Lipinski definition) is 6. The second-order valence-corrected chi connectivity index (χ2v) is 9.15. The van der Waals surface area contributed by atoms with Crippen LogP contribution in [0.4, 0.5) is 11.4 Å². The lowest BCUT2D eigenvalue weighted by Gasteiger charge is -2.15. The Hall–Kier alpha value is -5.24. The Morgan fingerprint density at radius 1 is 0.463 bits per heavy atom. The number of hydrogen-bond donors (Lipinski definition) is 2. The summed E-state index contributed by atoms with van der Waals surface area (Å²) in [4.78, 5) is 25.6. The zero-order chi connectivity index (χ0) is 28.3. The molecular formula is C33H30N2O6. The van der Waals surface area contributed by atoms with E-state index in [1.54, 1.807) is 36.4 Å². The van der Waals surface area contributed by atoms with Gasteiger partial charge in [-0.1, -0.05) is 60.7 Å². The van der Waals surface area contributed by atoms with Crippen LogP contribution in [0, 0.1) is 0 Å². The number of amides is 2. The summed E-state index contributed by atoms with van der Waals surface area (Å²) in [7, 11) is 0. The van der Waals surface area contributed by atoms with Crippen LogP contribution < -0.4 is 29.6 Å². The summed E-state index contributed by atoms with van der Waals surface area (Å²) in [5.41, 5.74) is 2.63. The highest BCUT2D eigenvalue weighted by Crippen LogP contribution is 2.29. The summed E-state index contributed by atoms with van der Waals surface area (Å²) in [6, 6.07) is 29.4. The van der Waals surface area contributed by atoms with Gasteiger partial charge in [0.25, 0.3) is 0 Å². The van der Waals surface area contributed by atoms with Gasteiger partial charge in [0.1, 0.15) is 55.8 Å². The van der Waals surface area contributed by atoms with Crippen LogP contribution in [0.5, 0.6) is 23.0 Å². The highest BCUT2D eigenvalue weighted by atomic mass is 16.5. The van der Waals surface area contributed by atoms with Crippen LogP contribution in [0.1, 0.15) is 17.5 Å². The number of carbonyl (C=O) groups excluding carboxylic acids is 2. The Balaban J connectivity index is 1.38. The maximum absolute atomic E-state index is 12.8. The molecule has 0 saturated heterocycles. The molecule has 1 heterocycles. The van der Waals surface area contributed by atoms with Gasteiger partial charge in [-0.3, -0.25) is 9.59 Å². The fourth-order valence-electron chi connectivity index (χ4n) is 4.18. The van der Waals surface area contributed by atoms with Crippen LogP contribution in [-0.2, 0) is 22.8 Å². The van der Waals surface area contributed by atoms with Crippen molar-refractivity contribution in [1.82, 2.24) is 0 Å².